The van der Waals surface area contributed by atoms with Crippen LogP contribution in [0, 0.1) is 0 Å². The van der Waals surface area contributed by atoms with E-state index < -0.39 is 0 Å². The molecule has 15 heavy (non-hydrogen) atoms. The van der Waals surface area contributed by atoms with E-state index >= 15 is 0 Å². The Morgan fingerprint density at radius 3 is 2.47 bits per heavy atom. The molecular weight excluding hydrogens is 188 g/mol. The highest BCUT2D eigenvalue weighted by atomic mass is 16.3. The lowest BCUT2D eigenvalue weighted by Crippen LogP contribution is -2.42. The molecule has 0 radical (unpaired) electrons. The van der Waals surface area contributed by atoms with Crippen molar-refractivity contribution in [3.63, 3.8) is 0 Å². The largest absolute Gasteiger partial charge is 0.389 e. The summed E-state index contributed by atoms with van der Waals surface area (Å²) in [4.78, 5) is 4.84. The molecule has 2 aliphatic rings. The summed E-state index contributed by atoms with van der Waals surface area (Å²) in [6.45, 7) is 5.54. The number of likely N-dealkylation sites (N-methyl/N-ethyl adjacent to an activating group) is 1. The van der Waals surface area contributed by atoms with Crippen LogP contribution in [0.1, 0.15) is 32.1 Å². The fourth-order valence-corrected chi connectivity index (χ4v) is 2.87. The second-order valence-corrected chi connectivity index (χ2v) is 5.36. The van der Waals surface area contributed by atoms with Gasteiger partial charge in [-0.25, -0.2) is 0 Å². The molecule has 1 aliphatic carbocycles. The van der Waals surface area contributed by atoms with Crippen LogP contribution < -0.4 is 0 Å². The highest BCUT2D eigenvalue weighted by Gasteiger charge is 2.33. The van der Waals surface area contributed by atoms with Gasteiger partial charge in [0.15, 0.2) is 0 Å². The smallest absolute Gasteiger partial charge is 0.0774 e. The highest BCUT2D eigenvalue weighted by Crippen LogP contribution is 2.30. The van der Waals surface area contributed by atoms with Crippen molar-refractivity contribution in [1.29, 1.82) is 0 Å². The summed E-state index contributed by atoms with van der Waals surface area (Å²) < 4.78 is 0. The minimum absolute atomic E-state index is 0.358. The van der Waals surface area contributed by atoms with Gasteiger partial charge in [0.05, 0.1) is 5.60 Å². The second kappa shape index (κ2) is 4.81. The van der Waals surface area contributed by atoms with E-state index in [0.717, 1.165) is 39.0 Å². The van der Waals surface area contributed by atoms with E-state index in [1.165, 1.54) is 25.8 Å². The minimum atomic E-state index is -0.358. The van der Waals surface area contributed by atoms with Gasteiger partial charge < -0.3 is 10.0 Å². The topological polar surface area (TPSA) is 26.7 Å². The summed E-state index contributed by atoms with van der Waals surface area (Å²) in [6.07, 6.45) is 5.69. The Bertz CT molecular complexity index is 202. The molecule has 1 saturated carbocycles. The first-order chi connectivity index (χ1) is 7.18. The molecule has 0 bridgehead atoms. The first-order valence-corrected chi connectivity index (χ1v) is 6.31. The lowest BCUT2D eigenvalue weighted by Gasteiger charge is -2.30. The summed E-state index contributed by atoms with van der Waals surface area (Å²) in [5.74, 6) is 0. The van der Waals surface area contributed by atoms with Gasteiger partial charge in [0.25, 0.3) is 0 Å². The normalized spacial score (nSPS) is 29.2. The van der Waals surface area contributed by atoms with Gasteiger partial charge in [-0.15, -0.1) is 0 Å². The number of hydrogen-bond acceptors (Lipinski definition) is 3. The van der Waals surface area contributed by atoms with Crippen LogP contribution in [0.5, 0.6) is 0 Å². The number of β-amino-alcohol motifs (C(OH)–C–C–N with tert-alkyl or cyclic N) is 1. The van der Waals surface area contributed by atoms with Crippen molar-refractivity contribution in [2.75, 3.05) is 39.8 Å². The van der Waals surface area contributed by atoms with Crippen LogP contribution in [0.2, 0.25) is 0 Å². The van der Waals surface area contributed by atoms with Crippen molar-refractivity contribution in [1.82, 2.24) is 9.80 Å². The third-order valence-corrected chi connectivity index (χ3v) is 3.86. The van der Waals surface area contributed by atoms with E-state index in [1.54, 1.807) is 0 Å². The highest BCUT2D eigenvalue weighted by molar-refractivity contribution is 4.88. The first-order valence-electron chi connectivity index (χ1n) is 6.31. The van der Waals surface area contributed by atoms with Crippen LogP contribution in [0.3, 0.4) is 0 Å². The molecule has 2 rings (SSSR count). The predicted octanol–water partition coefficient (Wildman–Crippen LogP) is 0.929. The van der Waals surface area contributed by atoms with Crippen LogP contribution in [0.15, 0.2) is 0 Å². The van der Waals surface area contributed by atoms with Crippen LogP contribution in [-0.2, 0) is 0 Å². The van der Waals surface area contributed by atoms with E-state index in [-0.39, 0.29) is 5.60 Å². The Morgan fingerprint density at radius 1 is 1.00 bits per heavy atom. The molecule has 0 unspecified atom stereocenters. The van der Waals surface area contributed by atoms with Gasteiger partial charge >= 0.3 is 0 Å². The van der Waals surface area contributed by atoms with E-state index in [4.69, 9.17) is 0 Å². The second-order valence-electron chi connectivity index (χ2n) is 5.36. The fraction of sp³-hybridized carbons (Fsp3) is 1.00. The zero-order chi connectivity index (χ0) is 10.7. The molecule has 1 heterocycles. The van der Waals surface area contributed by atoms with Gasteiger partial charge in [0.2, 0.25) is 0 Å². The minimum Gasteiger partial charge on any atom is -0.389 e. The molecule has 0 aromatic carbocycles. The van der Waals surface area contributed by atoms with Gasteiger partial charge in [-0.2, -0.15) is 0 Å². The number of rotatable bonds is 2. The number of aliphatic hydroxyl groups is 1. The fourth-order valence-electron chi connectivity index (χ4n) is 2.87. The van der Waals surface area contributed by atoms with Crippen molar-refractivity contribution >= 4 is 0 Å². The van der Waals surface area contributed by atoms with Crippen LogP contribution in [0.4, 0.5) is 0 Å². The van der Waals surface area contributed by atoms with Crippen molar-refractivity contribution in [2.45, 2.75) is 37.7 Å². The maximum atomic E-state index is 10.3. The molecule has 0 aromatic heterocycles. The molecule has 3 nitrogen and oxygen atoms in total. The first kappa shape index (κ1) is 11.4. The van der Waals surface area contributed by atoms with Gasteiger partial charge in [0, 0.05) is 19.6 Å². The zero-order valence-electron chi connectivity index (χ0n) is 9.91. The van der Waals surface area contributed by atoms with Crippen molar-refractivity contribution in [2.24, 2.45) is 0 Å². The Kier molecular flexibility index (Phi) is 3.65. The monoisotopic (exact) mass is 212 g/mol. The van der Waals surface area contributed by atoms with Crippen LogP contribution in [-0.4, -0.2) is 60.3 Å². The molecule has 1 N–H and O–H groups in total. The number of nitrogens with zero attached hydrogens (tertiary/aromatic N) is 2. The molecule has 3 heteroatoms. The summed E-state index contributed by atoms with van der Waals surface area (Å²) in [5.41, 5.74) is -0.358. The van der Waals surface area contributed by atoms with Gasteiger partial charge in [-0.1, -0.05) is 12.8 Å². The quantitative estimate of drug-likeness (QED) is 0.737. The maximum Gasteiger partial charge on any atom is 0.0774 e. The molecule has 1 saturated heterocycles. The molecule has 0 spiro atoms. The Labute approximate surface area is 93.1 Å². The zero-order valence-corrected chi connectivity index (χ0v) is 9.91. The Hall–Kier alpha value is -0.120. The summed E-state index contributed by atoms with van der Waals surface area (Å²) in [6, 6.07) is 0. The van der Waals surface area contributed by atoms with Crippen molar-refractivity contribution in [3.05, 3.63) is 0 Å². The summed E-state index contributed by atoms with van der Waals surface area (Å²) in [7, 11) is 2.19. The van der Waals surface area contributed by atoms with Crippen LogP contribution >= 0.6 is 0 Å². The van der Waals surface area contributed by atoms with E-state index in [0.29, 0.717) is 0 Å². The third-order valence-electron chi connectivity index (χ3n) is 3.86. The molecule has 0 aromatic rings. The van der Waals surface area contributed by atoms with Gasteiger partial charge in [-0.3, -0.25) is 4.90 Å². The molecule has 1 aliphatic heterocycles. The van der Waals surface area contributed by atoms with E-state index in [2.05, 4.69) is 16.8 Å². The maximum absolute atomic E-state index is 10.3. The van der Waals surface area contributed by atoms with Crippen LogP contribution in [0.25, 0.3) is 0 Å². The van der Waals surface area contributed by atoms with Gasteiger partial charge in [0.1, 0.15) is 0 Å². The van der Waals surface area contributed by atoms with Gasteiger partial charge in [-0.05, 0) is 39.4 Å². The van der Waals surface area contributed by atoms with Crippen molar-refractivity contribution < 1.29 is 5.11 Å². The summed E-state index contributed by atoms with van der Waals surface area (Å²) in [5, 5.41) is 10.3. The van der Waals surface area contributed by atoms with Crippen molar-refractivity contribution in [3.8, 4) is 0 Å². The lowest BCUT2D eigenvalue weighted by atomic mass is 10.0. The average molecular weight is 212 g/mol. The Balaban J connectivity index is 1.82. The lowest BCUT2D eigenvalue weighted by molar-refractivity contribution is 0.0106. The van der Waals surface area contributed by atoms with E-state index in [9.17, 15) is 5.11 Å². The third kappa shape index (κ3) is 3.16. The summed E-state index contributed by atoms with van der Waals surface area (Å²) >= 11 is 0. The SMILES string of the molecule is CN1CCCN(CC2(O)CCCC2)CC1. The molecule has 0 amide bonds. The number of hydrogen-bond donors (Lipinski definition) is 1. The molecule has 0 atom stereocenters. The molecular formula is C12H24N2O. The van der Waals surface area contributed by atoms with E-state index in [1.807, 2.05) is 0 Å². The molecule has 88 valence electrons. The standard InChI is InChI=1S/C12H24N2O/c1-13-7-4-8-14(10-9-13)11-12(15)5-2-3-6-12/h15H,2-11H2,1H3. The average Bonchev–Trinajstić information content (AvgIpc) is 2.51. The molecule has 2 fully saturated rings. The Morgan fingerprint density at radius 2 is 1.73 bits per heavy atom. The predicted molar refractivity (Wildman–Crippen MR) is 62.0 cm³/mol.